The highest BCUT2D eigenvalue weighted by atomic mass is 32.1. The van der Waals surface area contributed by atoms with Gasteiger partial charge in [0.2, 0.25) is 5.79 Å². The van der Waals surface area contributed by atoms with Crippen molar-refractivity contribution in [2.24, 2.45) is 0 Å². The van der Waals surface area contributed by atoms with Crippen molar-refractivity contribution in [3.05, 3.63) is 69.8 Å². The van der Waals surface area contributed by atoms with Gasteiger partial charge in [-0.3, -0.25) is 0 Å². The predicted octanol–water partition coefficient (Wildman–Crippen LogP) is 1.79. The molecule has 5 atom stereocenters. The highest BCUT2D eigenvalue weighted by Gasteiger charge is 2.58. The van der Waals surface area contributed by atoms with E-state index >= 15 is 0 Å². The molecule has 3 heterocycles. The number of hydrogen-bond donors (Lipinski definition) is 4. The quantitative estimate of drug-likeness (QED) is 0.504. The number of ether oxygens (including phenoxy) is 2. The van der Waals surface area contributed by atoms with Gasteiger partial charge >= 0.3 is 0 Å². The van der Waals surface area contributed by atoms with Crippen molar-refractivity contribution >= 4 is 21.4 Å². The molecule has 0 saturated carbocycles. The van der Waals surface area contributed by atoms with Crippen LogP contribution in [0.25, 0.3) is 10.1 Å². The lowest BCUT2D eigenvalue weighted by Gasteiger charge is -2.46. The van der Waals surface area contributed by atoms with E-state index in [2.05, 4.69) is 0 Å². The molecular weight excluding hydrogens is 411 g/mol. The molecule has 0 aliphatic carbocycles. The Kier molecular flexibility index (Phi) is 4.90. The molecule has 0 bridgehead atoms. The van der Waals surface area contributed by atoms with Crippen LogP contribution in [0.5, 0.6) is 0 Å². The Hall–Kier alpha value is -1.91. The van der Waals surface area contributed by atoms with Crippen molar-refractivity contribution < 1.29 is 34.3 Å². The number of aliphatic hydroxyl groups excluding tert-OH is 4. The van der Waals surface area contributed by atoms with Gasteiger partial charge in [-0.1, -0.05) is 12.1 Å². The minimum Gasteiger partial charge on any atom is -0.394 e. The molecule has 6 nitrogen and oxygen atoms in total. The smallest absolute Gasteiger partial charge is 0.225 e. The molecule has 4 N–H and O–H groups in total. The molecule has 30 heavy (non-hydrogen) atoms. The van der Waals surface area contributed by atoms with E-state index in [4.69, 9.17) is 9.47 Å². The van der Waals surface area contributed by atoms with Crippen molar-refractivity contribution in [1.29, 1.82) is 0 Å². The summed E-state index contributed by atoms with van der Waals surface area (Å²) in [6.07, 6.45) is -4.96. The van der Waals surface area contributed by atoms with Crippen molar-refractivity contribution in [2.75, 3.05) is 6.61 Å². The number of halogens is 1. The molecule has 5 rings (SSSR count). The van der Waals surface area contributed by atoms with E-state index in [9.17, 15) is 24.8 Å². The number of thiophene rings is 1. The van der Waals surface area contributed by atoms with Gasteiger partial charge in [0.05, 0.1) is 13.2 Å². The van der Waals surface area contributed by atoms with Crippen LogP contribution in [0.2, 0.25) is 0 Å². The third kappa shape index (κ3) is 2.99. The van der Waals surface area contributed by atoms with Gasteiger partial charge in [0.1, 0.15) is 30.2 Å². The van der Waals surface area contributed by atoms with Gasteiger partial charge in [-0.2, -0.15) is 0 Å². The molecule has 1 fully saturated rings. The lowest BCUT2D eigenvalue weighted by atomic mass is 9.87. The first-order valence-electron chi connectivity index (χ1n) is 9.67. The van der Waals surface area contributed by atoms with Crippen LogP contribution in [-0.4, -0.2) is 51.4 Å². The maximum Gasteiger partial charge on any atom is 0.225 e. The lowest BCUT2D eigenvalue weighted by Crippen LogP contribution is -2.63. The summed E-state index contributed by atoms with van der Waals surface area (Å²) in [5.74, 6) is -1.95. The zero-order valence-corrected chi connectivity index (χ0v) is 16.7. The second-order valence-corrected chi connectivity index (χ2v) is 8.70. The normalized spacial score (nSPS) is 30.8. The lowest BCUT2D eigenvalue weighted by molar-refractivity contribution is -0.368. The van der Waals surface area contributed by atoms with Gasteiger partial charge in [0.15, 0.2) is 0 Å². The summed E-state index contributed by atoms with van der Waals surface area (Å²) in [5, 5.41) is 43.7. The second-order valence-electron chi connectivity index (χ2n) is 7.79. The number of aliphatic hydroxyl groups is 4. The molecule has 0 amide bonds. The maximum atomic E-state index is 13.2. The molecule has 3 aromatic rings. The first-order chi connectivity index (χ1) is 14.4. The molecule has 2 aliphatic heterocycles. The Balaban J connectivity index is 1.57. The van der Waals surface area contributed by atoms with Crippen molar-refractivity contribution in [1.82, 2.24) is 0 Å². The molecule has 0 unspecified atom stereocenters. The third-order valence-corrected chi connectivity index (χ3v) is 6.95. The van der Waals surface area contributed by atoms with Crippen molar-refractivity contribution in [2.45, 2.75) is 43.2 Å². The van der Waals surface area contributed by atoms with Crippen LogP contribution >= 0.6 is 11.3 Å². The zero-order chi connectivity index (χ0) is 21.0. The van der Waals surface area contributed by atoms with E-state index < -0.39 is 36.8 Å². The predicted molar refractivity (Wildman–Crippen MR) is 107 cm³/mol. The number of fused-ring (bicyclic) bond motifs is 3. The largest absolute Gasteiger partial charge is 0.394 e. The minimum absolute atomic E-state index is 0.175. The molecule has 0 radical (unpaired) electrons. The van der Waals surface area contributed by atoms with Crippen LogP contribution in [0, 0.1) is 5.82 Å². The van der Waals surface area contributed by atoms with Crippen LogP contribution in [0.1, 0.15) is 22.3 Å². The fourth-order valence-electron chi connectivity index (χ4n) is 4.32. The highest BCUT2D eigenvalue weighted by molar-refractivity contribution is 7.17. The summed E-state index contributed by atoms with van der Waals surface area (Å²) in [6.45, 7) is -0.351. The molecule has 1 aromatic heterocycles. The zero-order valence-electron chi connectivity index (χ0n) is 15.9. The maximum absolute atomic E-state index is 13.2. The van der Waals surface area contributed by atoms with E-state index in [0.29, 0.717) is 12.0 Å². The molecular formula is C22H21FO6S. The molecule has 1 saturated heterocycles. The van der Waals surface area contributed by atoms with Gasteiger partial charge in [0.25, 0.3) is 0 Å². The van der Waals surface area contributed by atoms with Crippen LogP contribution in [0.4, 0.5) is 4.39 Å². The second kappa shape index (κ2) is 7.35. The number of hydrogen-bond acceptors (Lipinski definition) is 7. The Labute approximate surface area is 175 Å². The number of rotatable bonds is 3. The number of benzene rings is 2. The van der Waals surface area contributed by atoms with Crippen LogP contribution in [-0.2, 0) is 28.3 Å². The van der Waals surface area contributed by atoms with E-state index in [1.807, 2.05) is 17.5 Å². The van der Waals surface area contributed by atoms with E-state index in [1.165, 1.54) is 12.1 Å². The summed E-state index contributed by atoms with van der Waals surface area (Å²) >= 11 is 1.58. The van der Waals surface area contributed by atoms with E-state index in [1.54, 1.807) is 23.5 Å². The standard InChI is InChI=1S/C22H21FO6S/c23-14-3-1-11(2-4-14)5-13-10-30-18-6-12-9-28-22(16(12)7-15(13)18)21(27)20(26)19(25)17(8-24)29-22/h1-4,6-7,10,17,19-21,24-27H,5,8-9H2/t17-,19-,20+,21-,22+/m1/s1. The monoisotopic (exact) mass is 432 g/mol. The van der Waals surface area contributed by atoms with Gasteiger partial charge in [-0.05, 0) is 58.1 Å². The fourth-order valence-corrected chi connectivity index (χ4v) is 5.32. The highest BCUT2D eigenvalue weighted by Crippen LogP contribution is 2.47. The van der Waals surface area contributed by atoms with Crippen molar-refractivity contribution in [3.8, 4) is 0 Å². The first kappa shape index (κ1) is 20.0. The fraction of sp³-hybridized carbons (Fsp3) is 0.364. The summed E-state index contributed by atoms with van der Waals surface area (Å²) < 4.78 is 25.9. The molecule has 2 aliphatic rings. The van der Waals surface area contributed by atoms with Crippen LogP contribution in [0.15, 0.2) is 41.8 Å². The Morgan fingerprint density at radius 1 is 1.10 bits per heavy atom. The van der Waals surface area contributed by atoms with Gasteiger partial charge < -0.3 is 29.9 Å². The Morgan fingerprint density at radius 2 is 1.87 bits per heavy atom. The Morgan fingerprint density at radius 3 is 2.60 bits per heavy atom. The van der Waals surface area contributed by atoms with Gasteiger partial charge in [-0.25, -0.2) is 4.39 Å². The van der Waals surface area contributed by atoms with Gasteiger partial charge in [0, 0.05) is 10.3 Å². The van der Waals surface area contributed by atoms with E-state index in [-0.39, 0.29) is 12.4 Å². The minimum atomic E-state index is -1.66. The Bertz CT molecular complexity index is 1080. The summed E-state index contributed by atoms with van der Waals surface area (Å²) in [6, 6.07) is 10.2. The SMILES string of the molecule is OC[C@H]1O[C@]2(OCc3cc4scc(Cc5ccc(F)cc5)c4cc32)[C@H](O)[C@@H](O)[C@@H]1O. The van der Waals surface area contributed by atoms with Gasteiger partial charge in [-0.15, -0.1) is 11.3 Å². The summed E-state index contributed by atoms with van der Waals surface area (Å²) in [4.78, 5) is 0. The molecule has 2 aromatic carbocycles. The average Bonchev–Trinajstić information content (AvgIpc) is 3.31. The molecule has 158 valence electrons. The van der Waals surface area contributed by atoms with Crippen LogP contribution < -0.4 is 0 Å². The van der Waals surface area contributed by atoms with E-state index in [0.717, 1.165) is 26.8 Å². The van der Waals surface area contributed by atoms with Crippen LogP contribution in [0.3, 0.4) is 0 Å². The average molecular weight is 432 g/mol. The topological polar surface area (TPSA) is 99.4 Å². The third-order valence-electron chi connectivity index (χ3n) is 5.95. The summed E-state index contributed by atoms with van der Waals surface area (Å²) in [7, 11) is 0. The molecule has 8 heteroatoms. The summed E-state index contributed by atoms with van der Waals surface area (Å²) in [5.41, 5.74) is 3.40. The van der Waals surface area contributed by atoms with Crippen molar-refractivity contribution in [3.63, 3.8) is 0 Å². The molecule has 1 spiro atoms. The first-order valence-corrected chi connectivity index (χ1v) is 10.6.